The van der Waals surface area contributed by atoms with Crippen molar-refractivity contribution in [1.29, 1.82) is 0 Å². The minimum absolute atomic E-state index is 0.0416. The zero-order chi connectivity index (χ0) is 22.1. The Labute approximate surface area is 182 Å². The van der Waals surface area contributed by atoms with Crippen molar-refractivity contribution in [1.82, 2.24) is 14.9 Å². The topological polar surface area (TPSA) is 84.9 Å². The van der Waals surface area contributed by atoms with Gasteiger partial charge in [-0.05, 0) is 37.5 Å². The van der Waals surface area contributed by atoms with Crippen molar-refractivity contribution >= 4 is 17.6 Å². The second kappa shape index (κ2) is 8.53. The second-order valence-electron chi connectivity index (χ2n) is 8.14. The number of likely N-dealkylation sites (tertiary alicyclic amines) is 1. The molecule has 2 amide bonds. The van der Waals surface area contributed by atoms with Crippen LogP contribution in [0, 0.1) is 6.92 Å². The van der Waals surface area contributed by atoms with E-state index in [9.17, 15) is 9.59 Å². The third-order valence-corrected chi connectivity index (χ3v) is 6.17. The summed E-state index contributed by atoms with van der Waals surface area (Å²) in [5, 5.41) is 0. The van der Waals surface area contributed by atoms with Crippen LogP contribution in [0.1, 0.15) is 41.4 Å². The van der Waals surface area contributed by atoms with E-state index < -0.39 is 0 Å². The molecule has 0 bridgehead atoms. The fourth-order valence-electron chi connectivity index (χ4n) is 4.35. The third kappa shape index (κ3) is 4.06. The molecule has 1 atom stereocenters. The Morgan fingerprint density at radius 3 is 2.71 bits per heavy atom. The van der Waals surface area contributed by atoms with E-state index in [1.165, 1.54) is 0 Å². The molecule has 0 aliphatic carbocycles. The average Bonchev–Trinajstić information content (AvgIpc) is 3.08. The molecule has 1 unspecified atom stereocenters. The van der Waals surface area contributed by atoms with Gasteiger partial charge in [0.15, 0.2) is 11.5 Å². The maximum atomic E-state index is 13.0. The highest BCUT2D eigenvalue weighted by Gasteiger charge is 2.32. The number of piperidine rings is 1. The molecule has 2 aliphatic heterocycles. The molecule has 0 spiro atoms. The summed E-state index contributed by atoms with van der Waals surface area (Å²) in [7, 11) is 4.93. The molecular weight excluding hydrogens is 396 g/mol. The molecule has 8 heteroatoms. The van der Waals surface area contributed by atoms with Gasteiger partial charge in [-0.2, -0.15) is 0 Å². The van der Waals surface area contributed by atoms with E-state index in [1.54, 1.807) is 26.2 Å². The quantitative estimate of drug-likeness (QED) is 0.732. The molecule has 1 aromatic heterocycles. The van der Waals surface area contributed by atoms with Crippen LogP contribution >= 0.6 is 0 Å². The van der Waals surface area contributed by atoms with Crippen molar-refractivity contribution in [2.75, 3.05) is 39.3 Å². The summed E-state index contributed by atoms with van der Waals surface area (Å²) >= 11 is 0. The van der Waals surface area contributed by atoms with Crippen LogP contribution in [0.15, 0.2) is 18.2 Å². The number of benzene rings is 1. The Balaban J connectivity index is 1.49. The molecule has 2 aromatic rings. The summed E-state index contributed by atoms with van der Waals surface area (Å²) in [5.41, 5.74) is 2.65. The van der Waals surface area contributed by atoms with E-state index in [1.807, 2.05) is 30.0 Å². The van der Waals surface area contributed by atoms with Gasteiger partial charge in [0.1, 0.15) is 11.6 Å². The predicted octanol–water partition coefficient (Wildman–Crippen LogP) is 2.27. The summed E-state index contributed by atoms with van der Waals surface area (Å²) in [6.45, 7) is 3.24. The minimum Gasteiger partial charge on any atom is -0.493 e. The summed E-state index contributed by atoms with van der Waals surface area (Å²) < 4.78 is 10.6. The van der Waals surface area contributed by atoms with Gasteiger partial charge in [0.2, 0.25) is 11.8 Å². The van der Waals surface area contributed by atoms with E-state index in [0.29, 0.717) is 36.7 Å². The standard InChI is InChI=1S/C23H28N4O4/c1-14-17-12-20(28)26(2)23(17)25-22(24-14)16-6-5-9-27(13-16)21(29)11-15-7-8-18(30-3)19(10-15)31-4/h7-8,10,16H,5-6,9,11-13H2,1-4H3. The average molecular weight is 425 g/mol. The van der Waals surface area contributed by atoms with Crippen molar-refractivity contribution in [3.05, 3.63) is 40.8 Å². The number of aryl methyl sites for hydroxylation is 1. The van der Waals surface area contributed by atoms with Crippen LogP contribution in [-0.4, -0.2) is 61.0 Å². The zero-order valence-corrected chi connectivity index (χ0v) is 18.5. The van der Waals surface area contributed by atoms with E-state index >= 15 is 0 Å². The van der Waals surface area contributed by atoms with Crippen LogP contribution in [0.5, 0.6) is 11.5 Å². The minimum atomic E-state index is 0.0416. The number of ether oxygens (including phenoxy) is 2. The van der Waals surface area contributed by atoms with Crippen molar-refractivity contribution < 1.29 is 19.1 Å². The number of nitrogens with zero attached hydrogens (tertiary/aromatic N) is 4. The Hall–Kier alpha value is -3.16. The normalized spacial score (nSPS) is 18.2. The maximum Gasteiger partial charge on any atom is 0.232 e. The van der Waals surface area contributed by atoms with Gasteiger partial charge in [-0.3, -0.25) is 14.5 Å². The molecule has 3 heterocycles. The Bertz CT molecular complexity index is 1020. The lowest BCUT2D eigenvalue weighted by Gasteiger charge is -2.32. The van der Waals surface area contributed by atoms with Crippen LogP contribution in [0.2, 0.25) is 0 Å². The summed E-state index contributed by atoms with van der Waals surface area (Å²) in [6.07, 6.45) is 2.49. The van der Waals surface area contributed by atoms with Gasteiger partial charge in [-0.1, -0.05) is 6.07 Å². The molecule has 4 rings (SSSR count). The van der Waals surface area contributed by atoms with Crippen LogP contribution in [-0.2, 0) is 22.4 Å². The van der Waals surface area contributed by atoms with Crippen molar-refractivity contribution in [3.63, 3.8) is 0 Å². The summed E-state index contributed by atoms with van der Waals surface area (Å²) in [5.74, 6) is 2.87. The molecule has 1 fully saturated rings. The Morgan fingerprint density at radius 2 is 1.97 bits per heavy atom. The summed E-state index contributed by atoms with van der Waals surface area (Å²) in [6, 6.07) is 5.55. The van der Waals surface area contributed by atoms with Crippen LogP contribution < -0.4 is 14.4 Å². The van der Waals surface area contributed by atoms with Crippen molar-refractivity contribution in [3.8, 4) is 11.5 Å². The lowest BCUT2D eigenvalue weighted by Crippen LogP contribution is -2.40. The molecule has 164 valence electrons. The number of rotatable bonds is 5. The van der Waals surface area contributed by atoms with Crippen LogP contribution in [0.4, 0.5) is 5.82 Å². The first-order valence-electron chi connectivity index (χ1n) is 10.5. The first-order valence-corrected chi connectivity index (χ1v) is 10.5. The predicted molar refractivity (Wildman–Crippen MR) is 116 cm³/mol. The number of aromatic nitrogens is 2. The largest absolute Gasteiger partial charge is 0.493 e. The smallest absolute Gasteiger partial charge is 0.232 e. The molecular formula is C23H28N4O4. The maximum absolute atomic E-state index is 13.0. The number of hydrogen-bond donors (Lipinski definition) is 0. The fourth-order valence-corrected chi connectivity index (χ4v) is 4.35. The van der Waals surface area contributed by atoms with Gasteiger partial charge < -0.3 is 14.4 Å². The molecule has 8 nitrogen and oxygen atoms in total. The number of fused-ring (bicyclic) bond motifs is 1. The number of methoxy groups -OCH3 is 2. The lowest BCUT2D eigenvalue weighted by molar-refractivity contribution is -0.131. The highest BCUT2D eigenvalue weighted by atomic mass is 16.5. The van der Waals surface area contributed by atoms with Crippen molar-refractivity contribution in [2.45, 2.75) is 38.5 Å². The molecule has 0 radical (unpaired) electrons. The first-order chi connectivity index (χ1) is 14.9. The first kappa shape index (κ1) is 21.1. The lowest BCUT2D eigenvalue weighted by atomic mass is 9.96. The van der Waals surface area contributed by atoms with Crippen molar-refractivity contribution in [2.24, 2.45) is 0 Å². The molecule has 0 N–H and O–H groups in total. The van der Waals surface area contributed by atoms with E-state index in [-0.39, 0.29) is 17.7 Å². The number of anilines is 1. The molecule has 2 aliphatic rings. The molecule has 1 aromatic carbocycles. The zero-order valence-electron chi connectivity index (χ0n) is 18.5. The SMILES string of the molecule is COc1ccc(CC(=O)N2CCCC(c3nc(C)c4c(n3)N(C)C(=O)C4)C2)cc1OC. The second-order valence-corrected chi connectivity index (χ2v) is 8.14. The van der Waals surface area contributed by atoms with Gasteiger partial charge in [0.05, 0.1) is 27.1 Å². The number of likely N-dealkylation sites (N-methyl/N-ethyl adjacent to an activating group) is 1. The number of carbonyl (C=O) groups is 2. The van der Waals surface area contributed by atoms with Gasteiger partial charge in [0, 0.05) is 37.3 Å². The number of carbonyl (C=O) groups excluding carboxylic acids is 2. The van der Waals surface area contributed by atoms with E-state index in [4.69, 9.17) is 19.4 Å². The number of amides is 2. The van der Waals surface area contributed by atoms with Gasteiger partial charge in [-0.25, -0.2) is 9.97 Å². The molecule has 0 saturated carbocycles. The Kier molecular flexibility index (Phi) is 5.80. The third-order valence-electron chi connectivity index (χ3n) is 6.17. The highest BCUT2D eigenvalue weighted by Crippen LogP contribution is 2.32. The van der Waals surface area contributed by atoms with Crippen LogP contribution in [0.3, 0.4) is 0 Å². The Morgan fingerprint density at radius 1 is 1.19 bits per heavy atom. The fraction of sp³-hybridized carbons (Fsp3) is 0.478. The van der Waals surface area contributed by atoms with Crippen LogP contribution in [0.25, 0.3) is 0 Å². The number of hydrogen-bond acceptors (Lipinski definition) is 6. The van der Waals surface area contributed by atoms with Gasteiger partial charge >= 0.3 is 0 Å². The van der Waals surface area contributed by atoms with E-state index in [2.05, 4.69) is 0 Å². The van der Waals surface area contributed by atoms with E-state index in [0.717, 1.165) is 42.0 Å². The molecule has 31 heavy (non-hydrogen) atoms. The van der Waals surface area contributed by atoms with Gasteiger partial charge in [-0.15, -0.1) is 0 Å². The van der Waals surface area contributed by atoms with Gasteiger partial charge in [0.25, 0.3) is 0 Å². The monoisotopic (exact) mass is 424 g/mol. The molecule has 1 saturated heterocycles. The highest BCUT2D eigenvalue weighted by molar-refractivity contribution is 6.00. The summed E-state index contributed by atoms with van der Waals surface area (Å²) in [4.78, 5) is 38.0.